The third-order valence-electron chi connectivity index (χ3n) is 5.41. The zero-order chi connectivity index (χ0) is 28.7. The smallest absolute Gasteiger partial charge is 0.481 e. The highest BCUT2D eigenvalue weighted by Gasteiger charge is 2.42. The average Bonchev–Trinajstić information content (AvgIpc) is 3.48. The molecule has 38 heavy (non-hydrogen) atoms. The number of carboxylic acid groups (broad SMARTS) is 2. The Hall–Kier alpha value is -3.47. The quantitative estimate of drug-likeness (QED) is 0.533. The van der Waals surface area contributed by atoms with Crippen molar-refractivity contribution in [1.29, 1.82) is 0 Å². The maximum atomic E-state index is 10.6. The second-order valence-electron chi connectivity index (χ2n) is 8.08. The van der Waals surface area contributed by atoms with E-state index in [-0.39, 0.29) is 12.0 Å². The number of pyridine rings is 1. The lowest BCUT2D eigenvalue weighted by Crippen LogP contribution is -2.48. The molecule has 0 aliphatic carbocycles. The Morgan fingerprint density at radius 2 is 1.76 bits per heavy atom. The fourth-order valence-corrected chi connectivity index (χ4v) is 3.84. The summed E-state index contributed by atoms with van der Waals surface area (Å²) in [6.45, 7) is 4.32. The number of methoxy groups -OCH3 is 1. The molecule has 2 fully saturated rings. The molecule has 17 heteroatoms. The zero-order valence-corrected chi connectivity index (χ0v) is 20.0. The molecule has 3 atom stereocenters. The van der Waals surface area contributed by atoms with Gasteiger partial charge in [0.15, 0.2) is 5.82 Å². The Kier molecular flexibility index (Phi) is 10.4. The minimum Gasteiger partial charge on any atom is -0.481 e. The Balaban J connectivity index is 0.000000301. The van der Waals surface area contributed by atoms with Crippen molar-refractivity contribution < 1.29 is 60.1 Å². The summed E-state index contributed by atoms with van der Waals surface area (Å²) in [5, 5.41) is 18.2. The van der Waals surface area contributed by atoms with Gasteiger partial charge in [-0.05, 0) is 25.8 Å². The monoisotopic (exact) mass is 558 g/mol. The van der Waals surface area contributed by atoms with Gasteiger partial charge in [0, 0.05) is 37.5 Å². The van der Waals surface area contributed by atoms with Crippen molar-refractivity contribution >= 4 is 11.9 Å². The summed E-state index contributed by atoms with van der Waals surface area (Å²) in [5.41, 5.74) is 1.09. The third-order valence-corrected chi connectivity index (χ3v) is 5.41. The molecule has 11 nitrogen and oxygen atoms in total. The summed E-state index contributed by atoms with van der Waals surface area (Å²) in [7, 11) is 1.66. The van der Waals surface area contributed by atoms with E-state index in [1.54, 1.807) is 13.3 Å². The molecule has 212 valence electrons. The molecule has 0 unspecified atom stereocenters. The van der Waals surface area contributed by atoms with Crippen LogP contribution in [0.5, 0.6) is 5.88 Å². The van der Waals surface area contributed by atoms with Gasteiger partial charge in [0.25, 0.3) is 0 Å². The number of hydrogen-bond donors (Lipinski definition) is 2. The van der Waals surface area contributed by atoms with Crippen molar-refractivity contribution in [2.45, 2.75) is 56.7 Å². The van der Waals surface area contributed by atoms with Crippen LogP contribution in [0.4, 0.5) is 26.3 Å². The summed E-state index contributed by atoms with van der Waals surface area (Å²) in [5.74, 6) is -3.23. The van der Waals surface area contributed by atoms with Crippen LogP contribution < -0.4 is 4.74 Å². The number of alkyl halides is 6. The third kappa shape index (κ3) is 8.83. The summed E-state index contributed by atoms with van der Waals surface area (Å²) < 4.78 is 80.3. The van der Waals surface area contributed by atoms with Crippen molar-refractivity contribution in [2.24, 2.45) is 0 Å². The molecule has 0 amide bonds. The van der Waals surface area contributed by atoms with E-state index in [0.717, 1.165) is 38.1 Å². The van der Waals surface area contributed by atoms with E-state index in [1.165, 1.54) is 0 Å². The van der Waals surface area contributed by atoms with Gasteiger partial charge in [-0.15, -0.1) is 0 Å². The van der Waals surface area contributed by atoms with Gasteiger partial charge < -0.3 is 24.2 Å². The maximum Gasteiger partial charge on any atom is 0.490 e. The fourth-order valence-electron chi connectivity index (χ4n) is 3.84. The van der Waals surface area contributed by atoms with E-state index < -0.39 is 24.3 Å². The van der Waals surface area contributed by atoms with E-state index in [1.807, 2.05) is 13.0 Å². The minimum atomic E-state index is -5.08. The minimum absolute atomic E-state index is 0.202. The molecular weight excluding hydrogens is 534 g/mol. The van der Waals surface area contributed by atoms with Gasteiger partial charge in [-0.3, -0.25) is 4.90 Å². The van der Waals surface area contributed by atoms with Crippen molar-refractivity contribution in [1.82, 2.24) is 20.0 Å². The van der Waals surface area contributed by atoms with E-state index in [4.69, 9.17) is 33.8 Å². The van der Waals surface area contributed by atoms with Crippen molar-refractivity contribution in [3.63, 3.8) is 0 Å². The predicted octanol–water partition coefficient (Wildman–Crippen LogP) is 3.20. The highest BCUT2D eigenvalue weighted by molar-refractivity contribution is 5.73. The number of ether oxygens (including phenoxy) is 2. The standard InChI is InChI=1S/C17H22N4O3.2C2HF3O2/c1-11-19-17(24-20-11)13-8-15-14(5-7-23-15)21(10-13)9-12-4-3-6-18-16(12)22-2;2*3-2(4,5)1(6)7/h3-4,6,13-15H,5,7-10H2,1-2H3;2*(H,6,7)/t13-,14+,15+;;/m0../s1. The Morgan fingerprint density at radius 1 is 1.16 bits per heavy atom. The van der Waals surface area contributed by atoms with E-state index in [0.29, 0.717) is 23.6 Å². The lowest BCUT2D eigenvalue weighted by molar-refractivity contribution is -0.193. The number of likely N-dealkylation sites (tertiary alicyclic amines) is 1. The number of nitrogens with zero attached hydrogens (tertiary/aromatic N) is 4. The fraction of sp³-hybridized carbons (Fsp3) is 0.571. The molecule has 2 aromatic rings. The predicted molar refractivity (Wildman–Crippen MR) is 113 cm³/mol. The number of aromatic nitrogens is 3. The van der Waals surface area contributed by atoms with Crippen LogP contribution in [0, 0.1) is 6.92 Å². The first-order valence-corrected chi connectivity index (χ1v) is 10.9. The van der Waals surface area contributed by atoms with Crippen molar-refractivity contribution in [2.75, 3.05) is 20.3 Å². The topological polar surface area (TPSA) is 148 Å². The molecule has 2 saturated heterocycles. The first-order valence-electron chi connectivity index (χ1n) is 10.9. The number of fused-ring (bicyclic) bond motifs is 1. The van der Waals surface area contributed by atoms with Crippen LogP contribution in [0.1, 0.15) is 36.0 Å². The van der Waals surface area contributed by atoms with Crippen LogP contribution in [-0.4, -0.2) is 86.9 Å². The molecule has 2 aromatic heterocycles. The van der Waals surface area contributed by atoms with Gasteiger partial charge in [-0.25, -0.2) is 14.6 Å². The molecule has 0 saturated carbocycles. The molecule has 2 N–H and O–H groups in total. The zero-order valence-electron chi connectivity index (χ0n) is 20.0. The Labute approximate surface area is 211 Å². The second kappa shape index (κ2) is 12.9. The number of hydrogen-bond acceptors (Lipinski definition) is 9. The Morgan fingerprint density at radius 3 is 2.26 bits per heavy atom. The largest absolute Gasteiger partial charge is 0.490 e. The lowest BCUT2D eigenvalue weighted by Gasteiger charge is -2.39. The van der Waals surface area contributed by atoms with Gasteiger partial charge in [0.05, 0.1) is 19.1 Å². The number of rotatable bonds is 4. The van der Waals surface area contributed by atoms with Crippen LogP contribution >= 0.6 is 0 Å². The maximum absolute atomic E-state index is 10.6. The molecule has 4 heterocycles. The summed E-state index contributed by atoms with van der Waals surface area (Å²) in [6, 6.07) is 4.44. The first-order chi connectivity index (χ1) is 17.6. The number of carboxylic acids is 2. The molecule has 0 radical (unpaired) electrons. The molecule has 2 aliphatic rings. The van der Waals surface area contributed by atoms with E-state index in [9.17, 15) is 26.3 Å². The van der Waals surface area contributed by atoms with Crippen LogP contribution in [-0.2, 0) is 20.9 Å². The number of halogens is 6. The van der Waals surface area contributed by atoms with Crippen LogP contribution in [0.3, 0.4) is 0 Å². The average molecular weight is 558 g/mol. The van der Waals surface area contributed by atoms with Crippen LogP contribution in [0.15, 0.2) is 22.9 Å². The normalized spacial score (nSPS) is 21.3. The second-order valence-corrected chi connectivity index (χ2v) is 8.08. The molecule has 0 spiro atoms. The number of aliphatic carboxylic acids is 2. The van der Waals surface area contributed by atoms with Gasteiger partial charge in [-0.2, -0.15) is 31.3 Å². The number of piperidine rings is 1. The summed E-state index contributed by atoms with van der Waals surface area (Å²) in [6.07, 6.45) is -6.20. The highest BCUT2D eigenvalue weighted by Crippen LogP contribution is 2.37. The number of aryl methyl sites for hydroxylation is 1. The van der Waals surface area contributed by atoms with E-state index >= 15 is 0 Å². The Bertz CT molecular complexity index is 1050. The molecule has 0 aromatic carbocycles. The van der Waals surface area contributed by atoms with Gasteiger partial charge >= 0.3 is 24.3 Å². The number of carbonyl (C=O) groups is 2. The van der Waals surface area contributed by atoms with Crippen molar-refractivity contribution in [3.8, 4) is 5.88 Å². The van der Waals surface area contributed by atoms with Crippen molar-refractivity contribution in [3.05, 3.63) is 35.6 Å². The van der Waals surface area contributed by atoms with E-state index in [2.05, 4.69) is 26.1 Å². The van der Waals surface area contributed by atoms with Gasteiger partial charge in [0.2, 0.25) is 11.8 Å². The first kappa shape index (κ1) is 30.8. The SMILES string of the molecule is COc1ncccc1CN1C[C@@H](c2nc(C)no2)C[C@H]2OCC[C@H]21.O=C(O)C(F)(F)F.O=C(O)C(F)(F)F. The highest BCUT2D eigenvalue weighted by atomic mass is 19.4. The molecule has 0 bridgehead atoms. The molecular formula is C21H24F6N4O7. The van der Waals surface area contributed by atoms with Gasteiger partial charge in [0.1, 0.15) is 0 Å². The summed E-state index contributed by atoms with van der Waals surface area (Å²) in [4.78, 5) is 29.0. The van der Waals surface area contributed by atoms with Crippen LogP contribution in [0.2, 0.25) is 0 Å². The molecule has 4 rings (SSSR count). The molecule has 2 aliphatic heterocycles. The lowest BCUT2D eigenvalue weighted by atomic mass is 9.89. The van der Waals surface area contributed by atoms with Gasteiger partial charge in [-0.1, -0.05) is 11.2 Å². The van der Waals surface area contributed by atoms with Crippen LogP contribution in [0.25, 0.3) is 0 Å². The summed E-state index contributed by atoms with van der Waals surface area (Å²) >= 11 is 0.